The Balaban J connectivity index is 1.17. The Hall–Kier alpha value is -1.27. The summed E-state index contributed by atoms with van der Waals surface area (Å²) in [5.41, 5.74) is 0.271. The van der Waals surface area contributed by atoms with Gasteiger partial charge in [-0.3, -0.25) is 0 Å². The highest BCUT2D eigenvalue weighted by Crippen LogP contribution is 2.76. The summed E-state index contributed by atoms with van der Waals surface area (Å²) in [7, 11) is 0. The van der Waals surface area contributed by atoms with E-state index in [2.05, 4.69) is 47.6 Å². The summed E-state index contributed by atoms with van der Waals surface area (Å²) < 4.78 is 23.8. The third kappa shape index (κ3) is 6.21. The monoisotopic (exact) mass is 796 g/mol. The second-order valence-electron chi connectivity index (χ2n) is 20.8. The molecule has 4 saturated carbocycles. The van der Waals surface area contributed by atoms with E-state index in [1.165, 1.54) is 5.57 Å². The second kappa shape index (κ2) is 14.4. The minimum Gasteiger partial charge on any atom is -0.479 e. The van der Waals surface area contributed by atoms with Gasteiger partial charge >= 0.3 is 5.97 Å². The number of rotatable bonds is 7. The van der Waals surface area contributed by atoms with Crippen LogP contribution >= 0.6 is 0 Å². The highest BCUT2D eigenvalue weighted by atomic mass is 16.8. The summed E-state index contributed by atoms with van der Waals surface area (Å²) in [5, 5.41) is 96.0. The molecule has 7 aliphatic rings. The first-order valence-corrected chi connectivity index (χ1v) is 20.9. The number of fused-ring (bicyclic) bond motifs is 7. The molecule has 2 saturated heterocycles. The Labute approximate surface area is 330 Å². The third-order valence-corrected chi connectivity index (χ3v) is 17.4. The number of hydrogen-bond acceptors (Lipinski definition) is 13. The van der Waals surface area contributed by atoms with Crippen LogP contribution in [0, 0.1) is 50.2 Å². The molecule has 0 unspecified atom stereocenters. The van der Waals surface area contributed by atoms with E-state index >= 15 is 0 Å². The maximum absolute atomic E-state index is 12.2. The molecule has 0 amide bonds. The molecule has 14 nitrogen and oxygen atoms in total. The highest BCUT2D eigenvalue weighted by Gasteiger charge is 2.69. The summed E-state index contributed by atoms with van der Waals surface area (Å²) in [6.07, 6.45) is -8.23. The van der Waals surface area contributed by atoms with E-state index < -0.39 is 85.5 Å². The highest BCUT2D eigenvalue weighted by molar-refractivity contribution is 5.73. The molecule has 0 bridgehead atoms. The van der Waals surface area contributed by atoms with Crippen LogP contribution in [0.2, 0.25) is 0 Å². The molecule has 5 aliphatic carbocycles. The van der Waals surface area contributed by atoms with Crippen LogP contribution in [0.25, 0.3) is 0 Å². The molecule has 320 valence electrons. The molecule has 2 aliphatic heterocycles. The number of aliphatic hydroxyl groups is 8. The number of hydrogen-bond donors (Lipinski definition) is 9. The van der Waals surface area contributed by atoms with Gasteiger partial charge < -0.3 is 64.9 Å². The van der Waals surface area contributed by atoms with E-state index in [-0.39, 0.29) is 45.7 Å². The SMILES string of the molecule is CC1(C)C[C@@H](O)[C@]2(C)CC[C@]3(C)C(=CC[C@@H]4[C@@]5(C)CC[C@H](O[C@H]6O[C@@H](C(=O)O)[C@H](O)[C@@H](O)[C@@H]6O[C@@H]6O[C@H](CO)[C@@H](O)[C@H](O)[C@H]6O)[C@](C)(CO)[C@@H]5CC[C@]43C)[C@@H]2C1. The molecule has 20 atom stereocenters. The fraction of sp³-hybridized carbons (Fsp3) is 0.929. The standard InChI is InChI=1S/C42H68O14/c1-37(2)16-21-20-8-9-24-39(4)12-11-26(40(5,19-44)23(39)10-13-42(24,7)41(20,6)15-14-38(21,3)25(45)17-37)54-36-33(30(49)29(48)32(55-36)34(51)52)56-35-31(50)28(47)27(46)22(18-43)53-35/h8,21-33,35-36,43-50H,9-19H2,1-7H3,(H,51,52)/t21-,22+,23+,24+,25+,26-,27+,28-,29+,30+,31+,32+,33-,35-,36-,38+,39-,40+,41+,42+/m0/s1. The molecule has 7 rings (SSSR count). The molecular weight excluding hydrogens is 728 g/mol. The topological polar surface area (TPSA) is 236 Å². The molecular formula is C42H68O14. The zero-order chi connectivity index (χ0) is 41.1. The quantitative estimate of drug-likeness (QED) is 0.132. The Kier molecular flexibility index (Phi) is 11.0. The van der Waals surface area contributed by atoms with Crippen molar-refractivity contribution in [1.29, 1.82) is 0 Å². The van der Waals surface area contributed by atoms with E-state index in [1.807, 2.05) is 6.92 Å². The zero-order valence-electron chi connectivity index (χ0n) is 34.1. The first kappa shape index (κ1) is 42.8. The van der Waals surface area contributed by atoms with Crippen LogP contribution in [0.3, 0.4) is 0 Å². The molecule has 0 spiro atoms. The van der Waals surface area contributed by atoms with Gasteiger partial charge in [0.05, 0.1) is 25.4 Å². The fourth-order valence-electron chi connectivity index (χ4n) is 13.7. The van der Waals surface area contributed by atoms with E-state index in [0.717, 1.165) is 51.4 Å². The molecule has 14 heteroatoms. The Morgan fingerprint density at radius 1 is 0.750 bits per heavy atom. The van der Waals surface area contributed by atoms with Crippen molar-refractivity contribution >= 4 is 5.97 Å². The summed E-state index contributed by atoms with van der Waals surface area (Å²) in [5.74, 6) is -0.954. The van der Waals surface area contributed by atoms with Gasteiger partial charge in [-0.25, -0.2) is 4.79 Å². The van der Waals surface area contributed by atoms with Gasteiger partial charge in [0.2, 0.25) is 0 Å². The van der Waals surface area contributed by atoms with Crippen molar-refractivity contribution in [3.63, 3.8) is 0 Å². The van der Waals surface area contributed by atoms with E-state index in [1.54, 1.807) is 0 Å². The lowest BCUT2D eigenvalue weighted by atomic mass is 9.33. The van der Waals surface area contributed by atoms with Gasteiger partial charge in [0.1, 0.15) is 42.7 Å². The van der Waals surface area contributed by atoms with Crippen molar-refractivity contribution < 1.29 is 69.7 Å². The van der Waals surface area contributed by atoms with Crippen LogP contribution in [0.4, 0.5) is 0 Å². The average Bonchev–Trinajstić information content (AvgIpc) is 3.13. The molecule has 0 aromatic carbocycles. The third-order valence-electron chi connectivity index (χ3n) is 17.4. The smallest absolute Gasteiger partial charge is 0.335 e. The van der Waals surface area contributed by atoms with Crippen LogP contribution in [0.1, 0.15) is 106 Å². The molecule has 0 radical (unpaired) electrons. The lowest BCUT2D eigenvalue weighted by Crippen LogP contribution is -2.68. The zero-order valence-corrected chi connectivity index (χ0v) is 34.1. The van der Waals surface area contributed by atoms with Crippen LogP contribution in [-0.2, 0) is 23.7 Å². The second-order valence-corrected chi connectivity index (χ2v) is 20.8. The number of aliphatic hydroxyl groups excluding tert-OH is 8. The summed E-state index contributed by atoms with van der Waals surface area (Å²) in [4.78, 5) is 12.2. The van der Waals surface area contributed by atoms with Gasteiger partial charge in [-0.1, -0.05) is 60.1 Å². The lowest BCUT2D eigenvalue weighted by molar-refractivity contribution is -0.375. The van der Waals surface area contributed by atoms with Gasteiger partial charge in [0, 0.05) is 10.8 Å². The minimum atomic E-state index is -1.97. The van der Waals surface area contributed by atoms with Crippen molar-refractivity contribution in [2.24, 2.45) is 50.2 Å². The van der Waals surface area contributed by atoms with Gasteiger partial charge in [-0.05, 0) is 97.2 Å². The summed E-state index contributed by atoms with van der Waals surface area (Å²) in [6, 6.07) is 0. The predicted octanol–water partition coefficient (Wildman–Crippen LogP) is 1.85. The fourth-order valence-corrected chi connectivity index (χ4v) is 13.7. The van der Waals surface area contributed by atoms with E-state index in [0.29, 0.717) is 18.3 Å². The Morgan fingerprint density at radius 2 is 1.45 bits per heavy atom. The number of carboxylic acid groups (broad SMARTS) is 1. The average molecular weight is 797 g/mol. The van der Waals surface area contributed by atoms with Crippen molar-refractivity contribution in [2.45, 2.75) is 180 Å². The normalized spacial score (nSPS) is 55.5. The Bertz CT molecular complexity index is 1520. The minimum absolute atomic E-state index is 0.0149. The molecule has 0 aromatic heterocycles. The molecule has 0 aromatic rings. The molecule has 2 heterocycles. The predicted molar refractivity (Wildman–Crippen MR) is 199 cm³/mol. The van der Waals surface area contributed by atoms with Crippen molar-refractivity contribution in [1.82, 2.24) is 0 Å². The summed E-state index contributed by atoms with van der Waals surface area (Å²) >= 11 is 0. The number of allylic oxidation sites excluding steroid dienone is 2. The van der Waals surface area contributed by atoms with Gasteiger partial charge in [-0.2, -0.15) is 0 Å². The lowest BCUT2D eigenvalue weighted by Gasteiger charge is -2.72. The van der Waals surface area contributed by atoms with Crippen LogP contribution in [-0.4, -0.2) is 139 Å². The number of ether oxygens (including phenoxy) is 4. The number of carbonyl (C=O) groups is 1. The van der Waals surface area contributed by atoms with Crippen LogP contribution in [0.5, 0.6) is 0 Å². The molecule has 56 heavy (non-hydrogen) atoms. The van der Waals surface area contributed by atoms with E-state index in [4.69, 9.17) is 18.9 Å². The maximum Gasteiger partial charge on any atom is 0.335 e. The Morgan fingerprint density at radius 3 is 2.09 bits per heavy atom. The first-order valence-electron chi connectivity index (χ1n) is 20.9. The number of carboxylic acids is 1. The van der Waals surface area contributed by atoms with Crippen LogP contribution < -0.4 is 0 Å². The van der Waals surface area contributed by atoms with E-state index in [9.17, 15) is 50.8 Å². The summed E-state index contributed by atoms with van der Waals surface area (Å²) in [6.45, 7) is 15.2. The van der Waals surface area contributed by atoms with Crippen molar-refractivity contribution in [3.05, 3.63) is 11.6 Å². The van der Waals surface area contributed by atoms with Crippen molar-refractivity contribution in [2.75, 3.05) is 13.2 Å². The first-order chi connectivity index (χ1) is 26.0. The van der Waals surface area contributed by atoms with Gasteiger partial charge in [0.15, 0.2) is 18.7 Å². The number of aliphatic carboxylic acids is 1. The molecule has 9 N–H and O–H groups in total. The maximum atomic E-state index is 12.2. The molecule has 6 fully saturated rings. The van der Waals surface area contributed by atoms with Crippen molar-refractivity contribution in [3.8, 4) is 0 Å². The largest absolute Gasteiger partial charge is 0.479 e. The van der Waals surface area contributed by atoms with Crippen LogP contribution in [0.15, 0.2) is 11.6 Å². The van der Waals surface area contributed by atoms with Gasteiger partial charge in [-0.15, -0.1) is 0 Å². The van der Waals surface area contributed by atoms with Gasteiger partial charge in [0.25, 0.3) is 0 Å².